The molecule has 0 saturated heterocycles. The van der Waals surface area contributed by atoms with E-state index in [0.717, 1.165) is 5.56 Å². The first kappa shape index (κ1) is 16.0. The van der Waals surface area contributed by atoms with E-state index in [1.165, 1.54) is 29.9 Å². The van der Waals surface area contributed by atoms with Crippen molar-refractivity contribution in [2.24, 2.45) is 0 Å². The molecule has 0 radical (unpaired) electrons. The zero-order chi connectivity index (χ0) is 16.9. The first-order valence-corrected chi connectivity index (χ1v) is 8.11. The van der Waals surface area contributed by atoms with Crippen LogP contribution in [0.2, 0.25) is 0 Å². The minimum Gasteiger partial charge on any atom is -0.360 e. The van der Waals surface area contributed by atoms with E-state index in [2.05, 4.69) is 26.6 Å². The van der Waals surface area contributed by atoms with Gasteiger partial charge in [-0.25, -0.2) is 4.39 Å². The molecule has 0 aliphatic heterocycles. The maximum absolute atomic E-state index is 13.0. The normalized spacial score (nSPS) is 11.7. The van der Waals surface area contributed by atoms with Crippen molar-refractivity contribution in [1.29, 1.82) is 5.26 Å². The molecule has 5 nitrogen and oxygen atoms in total. The van der Waals surface area contributed by atoms with E-state index in [4.69, 9.17) is 5.26 Å². The van der Waals surface area contributed by atoms with E-state index >= 15 is 0 Å². The molecule has 7 heteroatoms. The fraction of sp³-hybridized carbons (Fsp3) is 0.176. The van der Waals surface area contributed by atoms with E-state index in [9.17, 15) is 4.39 Å². The SMILES string of the molecule is C[C@H](CNc1nc(-c2cncc(C#N)c2)ns1)c1ccc(F)cc1. The number of hydrogen-bond acceptors (Lipinski definition) is 6. The van der Waals surface area contributed by atoms with Crippen molar-refractivity contribution in [3.63, 3.8) is 0 Å². The number of benzene rings is 1. The van der Waals surface area contributed by atoms with Gasteiger partial charge in [-0.15, -0.1) is 0 Å². The van der Waals surface area contributed by atoms with E-state index in [0.29, 0.717) is 28.6 Å². The Morgan fingerprint density at radius 2 is 2.08 bits per heavy atom. The summed E-state index contributed by atoms with van der Waals surface area (Å²) < 4.78 is 17.3. The molecule has 0 amide bonds. The lowest BCUT2D eigenvalue weighted by Crippen LogP contribution is -2.09. The van der Waals surface area contributed by atoms with Crippen LogP contribution in [0.3, 0.4) is 0 Å². The fourth-order valence-corrected chi connectivity index (χ4v) is 2.78. The van der Waals surface area contributed by atoms with Gasteiger partial charge in [0, 0.05) is 36.0 Å². The van der Waals surface area contributed by atoms with Crippen LogP contribution in [0.15, 0.2) is 42.7 Å². The van der Waals surface area contributed by atoms with Crippen LogP contribution in [0.1, 0.15) is 24.0 Å². The maximum atomic E-state index is 13.0. The molecular weight excluding hydrogens is 325 g/mol. The summed E-state index contributed by atoms with van der Waals surface area (Å²) in [4.78, 5) is 8.44. The highest BCUT2D eigenvalue weighted by Crippen LogP contribution is 2.22. The first-order valence-electron chi connectivity index (χ1n) is 7.34. The quantitative estimate of drug-likeness (QED) is 0.765. The van der Waals surface area contributed by atoms with Crippen molar-refractivity contribution < 1.29 is 4.39 Å². The van der Waals surface area contributed by atoms with Gasteiger partial charge in [-0.05, 0) is 29.7 Å². The highest BCUT2D eigenvalue weighted by molar-refractivity contribution is 7.09. The molecule has 1 atom stereocenters. The van der Waals surface area contributed by atoms with Crippen molar-refractivity contribution in [2.45, 2.75) is 12.8 Å². The van der Waals surface area contributed by atoms with Crippen molar-refractivity contribution in [3.8, 4) is 17.5 Å². The summed E-state index contributed by atoms with van der Waals surface area (Å²) in [6.07, 6.45) is 3.13. The Morgan fingerprint density at radius 3 is 2.83 bits per heavy atom. The Balaban J connectivity index is 1.66. The van der Waals surface area contributed by atoms with Crippen molar-refractivity contribution in [3.05, 3.63) is 59.7 Å². The van der Waals surface area contributed by atoms with Gasteiger partial charge in [-0.1, -0.05) is 19.1 Å². The number of nitrogens with one attached hydrogen (secondary N) is 1. The number of aromatic nitrogens is 3. The Hall–Kier alpha value is -2.85. The van der Waals surface area contributed by atoms with Crippen LogP contribution < -0.4 is 5.32 Å². The third kappa shape index (κ3) is 3.73. The molecule has 0 aliphatic rings. The Bertz CT molecular complexity index is 869. The number of nitrogens with zero attached hydrogens (tertiary/aromatic N) is 4. The molecule has 1 aromatic carbocycles. The fourth-order valence-electron chi connectivity index (χ4n) is 2.19. The molecule has 0 spiro atoms. The molecule has 3 aromatic rings. The predicted octanol–water partition coefficient (Wildman–Crippen LogP) is 3.83. The number of pyridine rings is 1. The van der Waals surface area contributed by atoms with Crippen LogP contribution >= 0.6 is 11.5 Å². The smallest absolute Gasteiger partial charge is 0.202 e. The van der Waals surface area contributed by atoms with Gasteiger partial charge in [0.15, 0.2) is 5.82 Å². The largest absolute Gasteiger partial charge is 0.360 e. The van der Waals surface area contributed by atoms with Gasteiger partial charge in [-0.2, -0.15) is 14.6 Å². The summed E-state index contributed by atoms with van der Waals surface area (Å²) in [6, 6.07) is 10.3. The van der Waals surface area contributed by atoms with Crippen molar-refractivity contribution in [1.82, 2.24) is 14.3 Å². The molecular formula is C17H14FN5S. The average Bonchev–Trinajstić information content (AvgIpc) is 3.09. The maximum Gasteiger partial charge on any atom is 0.202 e. The van der Waals surface area contributed by atoms with Crippen LogP contribution in [-0.4, -0.2) is 20.9 Å². The second-order valence-electron chi connectivity index (χ2n) is 5.33. The molecule has 0 fully saturated rings. The number of hydrogen-bond donors (Lipinski definition) is 1. The molecule has 1 N–H and O–H groups in total. The van der Waals surface area contributed by atoms with E-state index in [1.54, 1.807) is 24.4 Å². The lowest BCUT2D eigenvalue weighted by atomic mass is 10.0. The summed E-state index contributed by atoms with van der Waals surface area (Å²) in [7, 11) is 0. The molecule has 0 aliphatic carbocycles. The summed E-state index contributed by atoms with van der Waals surface area (Å²) in [5.41, 5.74) is 2.24. The van der Waals surface area contributed by atoms with Gasteiger partial charge in [0.1, 0.15) is 11.9 Å². The first-order chi connectivity index (χ1) is 11.7. The number of rotatable bonds is 5. The molecule has 24 heavy (non-hydrogen) atoms. The van der Waals surface area contributed by atoms with Gasteiger partial charge in [0.05, 0.1) is 5.56 Å². The molecule has 0 saturated carbocycles. The zero-order valence-electron chi connectivity index (χ0n) is 12.9. The highest BCUT2D eigenvalue weighted by atomic mass is 32.1. The second-order valence-corrected chi connectivity index (χ2v) is 6.08. The Kier molecular flexibility index (Phi) is 4.77. The van der Waals surface area contributed by atoms with Crippen LogP contribution in [0, 0.1) is 17.1 Å². The lowest BCUT2D eigenvalue weighted by molar-refractivity contribution is 0.626. The Morgan fingerprint density at radius 1 is 1.29 bits per heavy atom. The van der Waals surface area contributed by atoms with E-state index in [-0.39, 0.29) is 11.7 Å². The van der Waals surface area contributed by atoms with Gasteiger partial charge in [0.25, 0.3) is 0 Å². The minimum absolute atomic E-state index is 0.210. The summed E-state index contributed by atoms with van der Waals surface area (Å²) in [5.74, 6) is 0.518. The molecule has 3 rings (SSSR count). The van der Waals surface area contributed by atoms with Gasteiger partial charge >= 0.3 is 0 Å². The topological polar surface area (TPSA) is 74.5 Å². The second kappa shape index (κ2) is 7.15. The standard InChI is InChI=1S/C17H14FN5S/c1-11(13-2-4-15(18)5-3-13)8-21-17-22-16(23-24-17)14-6-12(7-19)9-20-10-14/h2-6,9-11H,8H2,1H3,(H,21,22,23)/t11-/m1/s1. The monoisotopic (exact) mass is 339 g/mol. The van der Waals surface area contributed by atoms with Gasteiger partial charge in [-0.3, -0.25) is 4.98 Å². The molecule has 0 unspecified atom stereocenters. The lowest BCUT2D eigenvalue weighted by Gasteiger charge is -2.12. The number of anilines is 1. The number of nitriles is 1. The molecule has 2 aromatic heterocycles. The Labute approximate surface area is 143 Å². The van der Waals surface area contributed by atoms with Crippen LogP contribution in [0.4, 0.5) is 9.52 Å². The van der Waals surface area contributed by atoms with E-state index < -0.39 is 0 Å². The van der Waals surface area contributed by atoms with Crippen LogP contribution in [0.25, 0.3) is 11.4 Å². The summed E-state index contributed by atoms with van der Waals surface area (Å²) in [5, 5.41) is 12.9. The average molecular weight is 339 g/mol. The predicted molar refractivity (Wildman–Crippen MR) is 91.2 cm³/mol. The van der Waals surface area contributed by atoms with E-state index in [1.807, 2.05) is 6.07 Å². The zero-order valence-corrected chi connectivity index (χ0v) is 13.7. The molecule has 0 bridgehead atoms. The van der Waals surface area contributed by atoms with Crippen molar-refractivity contribution in [2.75, 3.05) is 11.9 Å². The third-order valence-corrected chi connectivity index (χ3v) is 4.22. The minimum atomic E-state index is -0.235. The molecule has 2 heterocycles. The summed E-state index contributed by atoms with van der Waals surface area (Å²) >= 11 is 1.25. The van der Waals surface area contributed by atoms with Gasteiger partial charge in [0.2, 0.25) is 5.13 Å². The summed E-state index contributed by atoms with van der Waals surface area (Å²) in [6.45, 7) is 2.72. The number of halogens is 1. The molecule has 120 valence electrons. The third-order valence-electron chi connectivity index (χ3n) is 3.55. The van der Waals surface area contributed by atoms with Gasteiger partial charge < -0.3 is 5.32 Å². The highest BCUT2D eigenvalue weighted by Gasteiger charge is 2.10. The van der Waals surface area contributed by atoms with Crippen molar-refractivity contribution >= 4 is 16.7 Å². The van der Waals surface area contributed by atoms with Crippen LogP contribution in [-0.2, 0) is 0 Å². The van der Waals surface area contributed by atoms with Crippen LogP contribution in [0.5, 0.6) is 0 Å².